The molecule has 1 aliphatic rings. The predicted octanol–water partition coefficient (Wildman–Crippen LogP) is 3.62. The number of halogens is 1. The molecule has 106 valence electrons. The van der Waals surface area contributed by atoms with Gasteiger partial charge in [-0.05, 0) is 24.8 Å². The molecule has 1 fully saturated rings. The number of nitrogens with one attached hydrogen (secondary N) is 2. The van der Waals surface area contributed by atoms with E-state index in [1.807, 2.05) is 0 Å². The zero-order valence-corrected chi connectivity index (χ0v) is 11.4. The Balaban J connectivity index is 1.71. The lowest BCUT2D eigenvalue weighted by Gasteiger charge is -2.21. The number of para-hydroxylation sites is 1. The molecule has 1 aromatic heterocycles. The molecule has 20 heavy (non-hydrogen) atoms. The first-order valence-electron chi connectivity index (χ1n) is 7.29. The highest BCUT2D eigenvalue weighted by Crippen LogP contribution is 2.24. The van der Waals surface area contributed by atoms with E-state index in [-0.39, 0.29) is 11.7 Å². The zero-order valence-electron chi connectivity index (χ0n) is 11.4. The molecule has 1 aromatic carbocycles. The van der Waals surface area contributed by atoms with Crippen molar-refractivity contribution >= 4 is 16.8 Å². The average molecular weight is 274 g/mol. The first-order chi connectivity index (χ1) is 9.75. The Kier molecular flexibility index (Phi) is 3.72. The summed E-state index contributed by atoms with van der Waals surface area (Å²) >= 11 is 0. The standard InChI is InChI=1S/C16H19FN2O/c17-14-8-4-7-12-13(10-18-15(12)14)16(20)19-9-11-5-2-1-3-6-11/h4,7-8,10-11,18H,1-3,5-6,9H2,(H,19,20). The molecule has 0 radical (unpaired) electrons. The van der Waals surface area contributed by atoms with Crippen molar-refractivity contribution in [3.8, 4) is 0 Å². The summed E-state index contributed by atoms with van der Waals surface area (Å²) in [6.07, 6.45) is 7.82. The number of hydrogen-bond donors (Lipinski definition) is 2. The Morgan fingerprint density at radius 1 is 1.30 bits per heavy atom. The van der Waals surface area contributed by atoms with E-state index in [1.54, 1.807) is 18.3 Å². The summed E-state index contributed by atoms with van der Waals surface area (Å²) in [5.74, 6) is 0.149. The zero-order chi connectivity index (χ0) is 13.9. The van der Waals surface area contributed by atoms with Crippen LogP contribution in [0.25, 0.3) is 10.9 Å². The van der Waals surface area contributed by atoms with Crippen LogP contribution >= 0.6 is 0 Å². The van der Waals surface area contributed by atoms with Crippen molar-refractivity contribution in [3.05, 3.63) is 35.8 Å². The molecule has 1 amide bonds. The fraction of sp³-hybridized carbons (Fsp3) is 0.438. The fourth-order valence-corrected chi connectivity index (χ4v) is 3.03. The Bertz CT molecular complexity index is 614. The van der Waals surface area contributed by atoms with Crippen LogP contribution in [0, 0.1) is 11.7 Å². The van der Waals surface area contributed by atoms with Gasteiger partial charge in [0.1, 0.15) is 5.82 Å². The van der Waals surface area contributed by atoms with Gasteiger partial charge in [0.15, 0.2) is 0 Å². The highest BCUT2D eigenvalue weighted by molar-refractivity contribution is 6.06. The van der Waals surface area contributed by atoms with E-state index in [0.717, 1.165) is 6.54 Å². The minimum atomic E-state index is -0.325. The average Bonchev–Trinajstić information content (AvgIpc) is 2.91. The van der Waals surface area contributed by atoms with Gasteiger partial charge in [0.05, 0.1) is 11.1 Å². The number of hydrogen-bond acceptors (Lipinski definition) is 1. The Morgan fingerprint density at radius 2 is 2.10 bits per heavy atom. The third-order valence-corrected chi connectivity index (χ3v) is 4.19. The van der Waals surface area contributed by atoms with Crippen molar-refractivity contribution in [1.82, 2.24) is 10.3 Å². The maximum atomic E-state index is 13.6. The van der Waals surface area contributed by atoms with Crippen LogP contribution in [0.5, 0.6) is 0 Å². The minimum absolute atomic E-state index is 0.118. The number of amides is 1. The summed E-state index contributed by atoms with van der Waals surface area (Å²) in [7, 11) is 0. The van der Waals surface area contributed by atoms with Gasteiger partial charge in [0, 0.05) is 18.1 Å². The van der Waals surface area contributed by atoms with Crippen LogP contribution in [-0.2, 0) is 0 Å². The van der Waals surface area contributed by atoms with Crippen molar-refractivity contribution < 1.29 is 9.18 Å². The second-order valence-corrected chi connectivity index (χ2v) is 5.58. The summed E-state index contributed by atoms with van der Waals surface area (Å²) in [4.78, 5) is 15.1. The van der Waals surface area contributed by atoms with Crippen molar-refractivity contribution in [2.24, 2.45) is 5.92 Å². The Labute approximate surface area is 117 Å². The summed E-state index contributed by atoms with van der Waals surface area (Å²) < 4.78 is 13.6. The van der Waals surface area contributed by atoms with Gasteiger partial charge in [-0.25, -0.2) is 4.39 Å². The van der Waals surface area contributed by atoms with Crippen LogP contribution in [0.4, 0.5) is 4.39 Å². The van der Waals surface area contributed by atoms with E-state index < -0.39 is 0 Å². The molecule has 0 atom stereocenters. The number of benzene rings is 1. The summed E-state index contributed by atoms with van der Waals surface area (Å²) in [6, 6.07) is 4.79. The van der Waals surface area contributed by atoms with E-state index in [2.05, 4.69) is 10.3 Å². The molecule has 1 aliphatic carbocycles. The van der Waals surface area contributed by atoms with Crippen LogP contribution in [0.1, 0.15) is 42.5 Å². The van der Waals surface area contributed by atoms with Crippen molar-refractivity contribution in [2.75, 3.05) is 6.54 Å². The molecule has 3 nitrogen and oxygen atoms in total. The monoisotopic (exact) mass is 274 g/mol. The highest BCUT2D eigenvalue weighted by Gasteiger charge is 2.17. The molecule has 1 saturated carbocycles. The van der Waals surface area contributed by atoms with Gasteiger partial charge in [-0.2, -0.15) is 0 Å². The largest absolute Gasteiger partial charge is 0.358 e. The summed E-state index contributed by atoms with van der Waals surface area (Å²) in [6.45, 7) is 0.723. The molecule has 3 rings (SSSR count). The molecule has 0 unspecified atom stereocenters. The molecule has 0 bridgehead atoms. The lowest BCUT2D eigenvalue weighted by molar-refractivity contribution is 0.0945. The number of carbonyl (C=O) groups excluding carboxylic acids is 1. The maximum Gasteiger partial charge on any atom is 0.253 e. The topological polar surface area (TPSA) is 44.9 Å². The second kappa shape index (κ2) is 5.65. The second-order valence-electron chi connectivity index (χ2n) is 5.58. The third kappa shape index (κ3) is 2.55. The van der Waals surface area contributed by atoms with E-state index in [9.17, 15) is 9.18 Å². The molecular formula is C16H19FN2O. The fourth-order valence-electron chi connectivity index (χ4n) is 3.03. The number of carbonyl (C=O) groups is 1. The van der Waals surface area contributed by atoms with Gasteiger partial charge >= 0.3 is 0 Å². The van der Waals surface area contributed by atoms with Crippen LogP contribution in [0.2, 0.25) is 0 Å². The molecule has 1 heterocycles. The van der Waals surface area contributed by atoms with Crippen LogP contribution in [-0.4, -0.2) is 17.4 Å². The lowest BCUT2D eigenvalue weighted by Crippen LogP contribution is -2.30. The molecule has 2 N–H and O–H groups in total. The molecule has 0 saturated heterocycles. The van der Waals surface area contributed by atoms with Gasteiger partial charge in [-0.3, -0.25) is 4.79 Å². The number of aromatic nitrogens is 1. The number of H-pyrrole nitrogens is 1. The van der Waals surface area contributed by atoms with Gasteiger partial charge in [0.25, 0.3) is 5.91 Å². The summed E-state index contributed by atoms with van der Waals surface area (Å²) in [5, 5.41) is 3.63. The number of aromatic amines is 1. The molecular weight excluding hydrogens is 255 g/mol. The minimum Gasteiger partial charge on any atom is -0.358 e. The third-order valence-electron chi connectivity index (χ3n) is 4.19. The van der Waals surface area contributed by atoms with Crippen LogP contribution in [0.15, 0.2) is 24.4 Å². The Hall–Kier alpha value is -1.84. The van der Waals surface area contributed by atoms with Gasteiger partial charge in [-0.1, -0.05) is 31.4 Å². The predicted molar refractivity (Wildman–Crippen MR) is 77.2 cm³/mol. The SMILES string of the molecule is O=C(NCC1CCCCC1)c1c[nH]c2c(F)cccc12. The van der Waals surface area contributed by atoms with Crippen molar-refractivity contribution in [3.63, 3.8) is 0 Å². The van der Waals surface area contributed by atoms with Gasteiger partial charge in [-0.15, -0.1) is 0 Å². The summed E-state index contributed by atoms with van der Waals surface area (Å²) in [5.41, 5.74) is 0.922. The lowest BCUT2D eigenvalue weighted by atomic mass is 9.89. The Morgan fingerprint density at radius 3 is 2.90 bits per heavy atom. The van der Waals surface area contributed by atoms with Gasteiger partial charge < -0.3 is 10.3 Å². The molecule has 4 heteroatoms. The first-order valence-corrected chi connectivity index (χ1v) is 7.29. The molecule has 2 aromatic rings. The van der Waals surface area contributed by atoms with Crippen molar-refractivity contribution in [1.29, 1.82) is 0 Å². The quantitative estimate of drug-likeness (QED) is 0.882. The molecule has 0 aliphatic heterocycles. The van der Waals surface area contributed by atoms with Crippen molar-refractivity contribution in [2.45, 2.75) is 32.1 Å². The maximum absolute atomic E-state index is 13.6. The van der Waals surface area contributed by atoms with E-state index in [1.165, 1.54) is 38.2 Å². The molecule has 0 spiro atoms. The van der Waals surface area contributed by atoms with Crippen LogP contribution < -0.4 is 5.32 Å². The van der Waals surface area contributed by atoms with E-state index in [4.69, 9.17) is 0 Å². The van der Waals surface area contributed by atoms with E-state index >= 15 is 0 Å². The number of fused-ring (bicyclic) bond motifs is 1. The number of rotatable bonds is 3. The van der Waals surface area contributed by atoms with Crippen LogP contribution in [0.3, 0.4) is 0 Å². The van der Waals surface area contributed by atoms with E-state index in [0.29, 0.717) is 22.4 Å². The first kappa shape index (κ1) is 13.2. The van der Waals surface area contributed by atoms with Gasteiger partial charge in [0.2, 0.25) is 0 Å². The highest BCUT2D eigenvalue weighted by atomic mass is 19.1. The normalized spacial score (nSPS) is 16.4. The smallest absolute Gasteiger partial charge is 0.253 e.